The molecule has 12 heteroatoms. The molecule has 0 aliphatic carbocycles. The maximum Gasteiger partial charge on any atom is 0.246 e. The molecule has 1 aromatic carbocycles. The molecule has 0 radical (unpaired) electrons. The first-order chi connectivity index (χ1) is 18.8. The summed E-state index contributed by atoms with van der Waals surface area (Å²) in [6, 6.07) is 7.77. The van der Waals surface area contributed by atoms with Gasteiger partial charge in [-0.25, -0.2) is 19.3 Å². The molecule has 4 heterocycles. The number of amides is 2. The van der Waals surface area contributed by atoms with Gasteiger partial charge >= 0.3 is 0 Å². The van der Waals surface area contributed by atoms with Crippen molar-refractivity contribution in [1.82, 2.24) is 29.7 Å². The number of aliphatic hydroxyl groups is 1. The van der Waals surface area contributed by atoms with E-state index in [2.05, 4.69) is 32.2 Å². The molecule has 202 valence electrons. The van der Waals surface area contributed by atoms with E-state index in [0.717, 1.165) is 16.0 Å². The molecule has 1 saturated heterocycles. The molecule has 0 bridgehead atoms. The molecule has 0 unspecified atom stereocenters. The average molecular weight is 550 g/mol. The Morgan fingerprint density at radius 1 is 1.23 bits per heavy atom. The van der Waals surface area contributed by atoms with Crippen LogP contribution in [-0.4, -0.2) is 66.6 Å². The largest absolute Gasteiger partial charge is 0.391 e. The fourth-order valence-corrected chi connectivity index (χ4v) is 5.57. The van der Waals surface area contributed by atoms with Crippen LogP contribution < -0.4 is 10.6 Å². The van der Waals surface area contributed by atoms with Gasteiger partial charge in [-0.2, -0.15) is 0 Å². The second-order valence-corrected chi connectivity index (χ2v) is 10.4. The summed E-state index contributed by atoms with van der Waals surface area (Å²) in [5, 5.41) is 17.0. The van der Waals surface area contributed by atoms with Crippen LogP contribution in [0.2, 0.25) is 0 Å². The summed E-state index contributed by atoms with van der Waals surface area (Å²) < 4.78 is 15.1. The Labute approximate surface area is 228 Å². The molecule has 1 aliphatic rings. The minimum atomic E-state index is -0.763. The Morgan fingerprint density at radius 2 is 2.03 bits per heavy atom. The number of pyridine rings is 1. The maximum atomic E-state index is 13.2. The summed E-state index contributed by atoms with van der Waals surface area (Å²) in [7, 11) is 0. The number of benzene rings is 1. The van der Waals surface area contributed by atoms with Crippen molar-refractivity contribution in [2.75, 3.05) is 18.4 Å². The number of piperidine rings is 1. The predicted molar refractivity (Wildman–Crippen MR) is 147 cm³/mol. The highest BCUT2D eigenvalue weighted by molar-refractivity contribution is 7.18. The second-order valence-electron chi connectivity index (χ2n) is 9.38. The zero-order valence-electron chi connectivity index (χ0n) is 21.2. The summed E-state index contributed by atoms with van der Waals surface area (Å²) in [6.07, 6.45) is 5.81. The summed E-state index contributed by atoms with van der Waals surface area (Å²) in [6.45, 7) is 6.33. The minimum Gasteiger partial charge on any atom is -0.391 e. The second kappa shape index (κ2) is 11.3. The van der Waals surface area contributed by atoms with E-state index in [9.17, 15) is 19.1 Å². The molecule has 10 nitrogen and oxygen atoms in total. The zero-order valence-corrected chi connectivity index (χ0v) is 22.1. The van der Waals surface area contributed by atoms with E-state index < -0.39 is 12.0 Å². The third kappa shape index (κ3) is 5.81. The monoisotopic (exact) mass is 549 g/mol. The number of hydrogen-bond donors (Lipinski definition) is 3. The van der Waals surface area contributed by atoms with Crippen LogP contribution in [0.3, 0.4) is 0 Å². The molecule has 1 aliphatic heterocycles. The number of fused-ring (bicyclic) bond motifs is 1. The molecule has 39 heavy (non-hydrogen) atoms. The highest BCUT2D eigenvalue weighted by Gasteiger charge is 2.38. The standard InChI is InChI=1S/C27H28FN7O3S/c1-3-25(37)35-14-19(36)10-20(16(35)2)26(38)29-8-9-34-15-32-21-12-30-24(11-22(21)34)33-27-31-13-23(39-27)17-4-6-18(28)7-5-17/h3-7,11-13,15-16,19-20,36H,1,8-10,14H2,2H3,(H,29,38)(H,30,31,33)/t16-,19+,20+/m0/s1. The number of imidazole rings is 1. The lowest BCUT2D eigenvalue weighted by Gasteiger charge is -2.40. The molecule has 4 aromatic rings. The van der Waals surface area contributed by atoms with Crippen LogP contribution in [0.5, 0.6) is 0 Å². The lowest BCUT2D eigenvalue weighted by atomic mass is 9.87. The van der Waals surface area contributed by atoms with Gasteiger partial charge in [0.05, 0.1) is 34.9 Å². The first-order valence-corrected chi connectivity index (χ1v) is 13.3. The number of likely N-dealkylation sites (tertiary alicyclic amines) is 1. The minimum absolute atomic E-state index is 0.190. The van der Waals surface area contributed by atoms with E-state index in [-0.39, 0.29) is 30.2 Å². The van der Waals surface area contributed by atoms with Crippen LogP contribution in [0.4, 0.5) is 15.3 Å². The van der Waals surface area contributed by atoms with Crippen LogP contribution in [0, 0.1) is 11.7 Å². The maximum absolute atomic E-state index is 13.2. The normalized spacial score (nSPS) is 19.2. The highest BCUT2D eigenvalue weighted by atomic mass is 32.1. The number of nitrogens with zero attached hydrogens (tertiary/aromatic N) is 5. The molecule has 1 fully saturated rings. The van der Waals surface area contributed by atoms with Gasteiger partial charge in [0.2, 0.25) is 11.8 Å². The van der Waals surface area contributed by atoms with E-state index >= 15 is 0 Å². The van der Waals surface area contributed by atoms with Crippen molar-refractivity contribution in [3.8, 4) is 10.4 Å². The molecule has 3 aromatic heterocycles. The average Bonchev–Trinajstić information content (AvgIpc) is 3.56. The molecule has 3 N–H and O–H groups in total. The van der Waals surface area contributed by atoms with Crippen LogP contribution >= 0.6 is 11.3 Å². The van der Waals surface area contributed by atoms with Gasteiger partial charge < -0.3 is 25.2 Å². The van der Waals surface area contributed by atoms with Gasteiger partial charge in [-0.15, -0.1) is 0 Å². The molecular weight excluding hydrogens is 521 g/mol. The Kier molecular flexibility index (Phi) is 7.66. The van der Waals surface area contributed by atoms with Crippen molar-refractivity contribution < 1.29 is 19.1 Å². The van der Waals surface area contributed by atoms with Gasteiger partial charge in [0.1, 0.15) is 17.2 Å². The summed E-state index contributed by atoms with van der Waals surface area (Å²) in [5.74, 6) is -0.728. The van der Waals surface area contributed by atoms with E-state index in [1.54, 1.807) is 30.9 Å². The van der Waals surface area contributed by atoms with Crippen LogP contribution in [0.15, 0.2) is 61.7 Å². The van der Waals surface area contributed by atoms with E-state index in [1.807, 2.05) is 17.6 Å². The van der Waals surface area contributed by atoms with E-state index in [4.69, 9.17) is 0 Å². The number of carbonyl (C=O) groups is 2. The van der Waals surface area contributed by atoms with Gasteiger partial charge in [-0.3, -0.25) is 9.59 Å². The third-order valence-corrected chi connectivity index (χ3v) is 7.79. The number of anilines is 2. The highest BCUT2D eigenvalue weighted by Crippen LogP contribution is 2.31. The zero-order chi connectivity index (χ0) is 27.5. The van der Waals surface area contributed by atoms with Gasteiger partial charge in [0.25, 0.3) is 0 Å². The number of halogens is 1. The fraction of sp³-hybridized carbons (Fsp3) is 0.296. The lowest BCUT2D eigenvalue weighted by molar-refractivity contribution is -0.140. The van der Waals surface area contributed by atoms with Crippen molar-refractivity contribution >= 4 is 45.1 Å². The van der Waals surface area contributed by atoms with Gasteiger partial charge in [-0.1, -0.05) is 30.0 Å². The first kappa shape index (κ1) is 26.4. The van der Waals surface area contributed by atoms with E-state index in [1.165, 1.54) is 34.4 Å². The number of nitrogens with one attached hydrogen (secondary N) is 2. The number of β-amino-alcohol motifs (C(OH)–C–C–N with tert-alkyl or cyclic N) is 1. The van der Waals surface area contributed by atoms with Crippen molar-refractivity contribution in [1.29, 1.82) is 0 Å². The van der Waals surface area contributed by atoms with Gasteiger partial charge in [-0.05, 0) is 37.1 Å². The Hall–Kier alpha value is -4.16. The molecule has 0 saturated carbocycles. The number of carbonyl (C=O) groups excluding carboxylic acids is 2. The van der Waals surface area contributed by atoms with Crippen molar-refractivity contribution in [3.63, 3.8) is 0 Å². The van der Waals surface area contributed by atoms with Gasteiger partial charge in [0, 0.05) is 37.9 Å². The summed E-state index contributed by atoms with van der Waals surface area (Å²) >= 11 is 1.43. The van der Waals surface area contributed by atoms with Crippen LogP contribution in [0.25, 0.3) is 21.5 Å². The Morgan fingerprint density at radius 3 is 2.79 bits per heavy atom. The number of rotatable bonds is 8. The SMILES string of the molecule is C=CC(=O)N1C[C@H](O)C[C@@H](C(=O)NCCn2cnc3cnc(Nc4ncc(-c5ccc(F)cc5)s4)cc32)[C@@H]1C. The molecule has 5 rings (SSSR count). The van der Waals surface area contributed by atoms with Crippen molar-refractivity contribution in [2.45, 2.75) is 32.0 Å². The molecule has 2 amide bonds. The van der Waals surface area contributed by atoms with Gasteiger partial charge in [0.15, 0.2) is 5.13 Å². The Balaban J connectivity index is 1.22. The topological polar surface area (TPSA) is 125 Å². The molecule has 0 spiro atoms. The van der Waals surface area contributed by atoms with Crippen molar-refractivity contribution in [3.05, 3.63) is 67.5 Å². The number of aromatic nitrogens is 4. The third-order valence-electron chi connectivity index (χ3n) is 6.83. The summed E-state index contributed by atoms with van der Waals surface area (Å²) in [5.41, 5.74) is 2.42. The summed E-state index contributed by atoms with van der Waals surface area (Å²) in [4.78, 5) is 40.7. The first-order valence-electron chi connectivity index (χ1n) is 12.5. The van der Waals surface area contributed by atoms with Crippen LogP contribution in [-0.2, 0) is 16.1 Å². The fourth-order valence-electron chi connectivity index (χ4n) is 4.74. The van der Waals surface area contributed by atoms with Crippen molar-refractivity contribution in [2.24, 2.45) is 5.92 Å². The number of thiazole rings is 1. The van der Waals surface area contributed by atoms with E-state index in [0.29, 0.717) is 36.0 Å². The predicted octanol–water partition coefficient (Wildman–Crippen LogP) is 3.34. The number of hydrogen-bond acceptors (Lipinski definition) is 8. The van der Waals surface area contributed by atoms with Crippen LogP contribution in [0.1, 0.15) is 13.3 Å². The quantitative estimate of drug-likeness (QED) is 0.288. The molecule has 3 atom stereocenters. The number of aliphatic hydroxyl groups excluding tert-OH is 1. The lowest BCUT2D eigenvalue weighted by Crippen LogP contribution is -2.55. The molecular formula is C27H28FN7O3S. The Bertz CT molecular complexity index is 1500. The smallest absolute Gasteiger partial charge is 0.246 e.